The zero-order valence-electron chi connectivity index (χ0n) is 18.8. The summed E-state index contributed by atoms with van der Waals surface area (Å²) in [4.78, 5) is 43.2. The van der Waals surface area contributed by atoms with Gasteiger partial charge in [-0.3, -0.25) is 14.4 Å². The predicted molar refractivity (Wildman–Crippen MR) is 129 cm³/mol. The molecule has 172 valence electrons. The molecule has 5 rings (SSSR count). The van der Waals surface area contributed by atoms with Crippen LogP contribution in [0, 0.1) is 5.92 Å². The molecule has 1 saturated heterocycles. The fourth-order valence-electron chi connectivity index (χ4n) is 5.39. The van der Waals surface area contributed by atoms with Crippen LogP contribution >= 0.6 is 11.8 Å². The molecule has 1 saturated carbocycles. The summed E-state index contributed by atoms with van der Waals surface area (Å²) in [5, 5.41) is 3.01. The van der Waals surface area contributed by atoms with Crippen LogP contribution in [-0.4, -0.2) is 41.5 Å². The third-order valence-electron chi connectivity index (χ3n) is 7.13. The molecule has 2 heterocycles. The molecule has 0 radical (unpaired) electrons. The topological polar surface area (TPSA) is 69.7 Å². The number of fused-ring (bicyclic) bond motifs is 2. The number of anilines is 1. The Bertz CT molecular complexity index is 1070. The molecule has 7 heteroatoms. The van der Waals surface area contributed by atoms with Gasteiger partial charge in [0.05, 0.1) is 5.69 Å². The molecule has 2 aliphatic heterocycles. The molecule has 2 aromatic carbocycles. The van der Waals surface area contributed by atoms with E-state index in [-0.39, 0.29) is 23.6 Å². The van der Waals surface area contributed by atoms with Crippen LogP contribution in [0.1, 0.15) is 43.2 Å². The number of rotatable bonds is 4. The number of nitrogens with one attached hydrogen (secondary N) is 1. The first-order valence-corrected chi connectivity index (χ1v) is 12.7. The average molecular weight is 464 g/mol. The number of hydrogen-bond acceptors (Lipinski definition) is 4. The van der Waals surface area contributed by atoms with E-state index in [1.165, 1.54) is 11.8 Å². The predicted octanol–water partition coefficient (Wildman–Crippen LogP) is 3.66. The second kappa shape index (κ2) is 8.86. The molecule has 3 aliphatic rings. The van der Waals surface area contributed by atoms with Crippen LogP contribution < -0.4 is 10.2 Å². The van der Waals surface area contributed by atoms with Crippen LogP contribution in [0.15, 0.2) is 54.6 Å². The molecule has 0 aromatic heterocycles. The molecular formula is C26H29N3O3S. The summed E-state index contributed by atoms with van der Waals surface area (Å²) in [6.45, 7) is 0.393. The zero-order valence-corrected chi connectivity index (χ0v) is 19.6. The Balaban J connectivity index is 1.50. The third-order valence-corrected chi connectivity index (χ3v) is 8.62. The smallest absolute Gasteiger partial charge is 0.268 e. The summed E-state index contributed by atoms with van der Waals surface area (Å²) in [7, 11) is 1.75. The number of thioether (sulfide) groups is 1. The van der Waals surface area contributed by atoms with Crippen molar-refractivity contribution < 1.29 is 14.4 Å². The van der Waals surface area contributed by atoms with Crippen molar-refractivity contribution in [3.8, 4) is 0 Å². The van der Waals surface area contributed by atoms with Gasteiger partial charge in [0.15, 0.2) is 4.87 Å². The van der Waals surface area contributed by atoms with Gasteiger partial charge in [-0.15, -0.1) is 11.8 Å². The van der Waals surface area contributed by atoms with Gasteiger partial charge < -0.3 is 15.1 Å². The van der Waals surface area contributed by atoms with Crippen molar-refractivity contribution in [1.29, 1.82) is 0 Å². The normalized spacial score (nSPS) is 24.9. The number of likely N-dealkylation sites (N-methyl/N-ethyl adjacent to an activating group) is 1. The Labute approximate surface area is 198 Å². The van der Waals surface area contributed by atoms with Crippen LogP contribution in [0.3, 0.4) is 0 Å². The van der Waals surface area contributed by atoms with Crippen molar-refractivity contribution in [2.45, 2.75) is 49.6 Å². The number of amides is 3. The van der Waals surface area contributed by atoms with Gasteiger partial charge in [0.25, 0.3) is 5.91 Å². The first-order chi connectivity index (χ1) is 16.0. The van der Waals surface area contributed by atoms with Crippen molar-refractivity contribution in [2.75, 3.05) is 17.7 Å². The quantitative estimate of drug-likeness (QED) is 0.751. The first-order valence-electron chi connectivity index (χ1n) is 11.7. The van der Waals surface area contributed by atoms with Gasteiger partial charge in [0.1, 0.15) is 6.04 Å². The second-order valence-electron chi connectivity index (χ2n) is 9.10. The lowest BCUT2D eigenvalue weighted by Gasteiger charge is -2.38. The maximum atomic E-state index is 14.0. The van der Waals surface area contributed by atoms with E-state index >= 15 is 0 Å². The highest BCUT2D eigenvalue weighted by Gasteiger charge is 2.63. The summed E-state index contributed by atoms with van der Waals surface area (Å²) in [6, 6.07) is 16.7. The Morgan fingerprint density at radius 3 is 2.48 bits per heavy atom. The van der Waals surface area contributed by atoms with E-state index in [0.29, 0.717) is 12.3 Å². The summed E-state index contributed by atoms with van der Waals surface area (Å²) in [5.74, 6) is -0.140. The van der Waals surface area contributed by atoms with Crippen LogP contribution in [0.5, 0.6) is 0 Å². The van der Waals surface area contributed by atoms with Gasteiger partial charge >= 0.3 is 0 Å². The summed E-state index contributed by atoms with van der Waals surface area (Å²) < 4.78 is 0. The maximum absolute atomic E-state index is 14.0. The van der Waals surface area contributed by atoms with Gasteiger partial charge in [-0.05, 0) is 24.5 Å². The molecule has 1 spiro atoms. The lowest BCUT2D eigenvalue weighted by atomic mass is 9.87. The number of benzene rings is 2. The largest absolute Gasteiger partial charge is 0.350 e. The number of carbonyl (C=O) groups is 3. The minimum absolute atomic E-state index is 0.0574. The van der Waals surface area contributed by atoms with Gasteiger partial charge in [-0.25, -0.2) is 0 Å². The van der Waals surface area contributed by atoms with Crippen molar-refractivity contribution >= 4 is 35.2 Å². The first kappa shape index (κ1) is 22.0. The van der Waals surface area contributed by atoms with E-state index in [0.717, 1.165) is 48.9 Å². The van der Waals surface area contributed by atoms with Crippen molar-refractivity contribution in [3.63, 3.8) is 0 Å². The second-order valence-corrected chi connectivity index (χ2v) is 10.3. The van der Waals surface area contributed by atoms with Crippen LogP contribution in [0.4, 0.5) is 5.69 Å². The van der Waals surface area contributed by atoms with Gasteiger partial charge in [0.2, 0.25) is 11.8 Å². The monoisotopic (exact) mass is 463 g/mol. The molecule has 1 N–H and O–H groups in total. The minimum Gasteiger partial charge on any atom is -0.350 e. The van der Waals surface area contributed by atoms with E-state index in [4.69, 9.17) is 0 Å². The highest BCUT2D eigenvalue weighted by molar-refractivity contribution is 8.01. The molecule has 2 unspecified atom stereocenters. The Hall–Kier alpha value is -2.80. The molecule has 2 aromatic rings. The van der Waals surface area contributed by atoms with Crippen molar-refractivity contribution in [1.82, 2.24) is 10.2 Å². The molecular weight excluding hydrogens is 434 g/mol. The molecule has 0 bridgehead atoms. The van der Waals surface area contributed by atoms with Crippen LogP contribution in [-0.2, 0) is 25.8 Å². The van der Waals surface area contributed by atoms with E-state index in [1.54, 1.807) is 16.8 Å². The molecule has 1 aliphatic carbocycles. The molecule has 6 nitrogen and oxygen atoms in total. The fourth-order valence-corrected chi connectivity index (χ4v) is 7.04. The number of para-hydroxylation sites is 1. The number of hydrogen-bond donors (Lipinski definition) is 1. The number of nitrogens with zero attached hydrogens (tertiary/aromatic N) is 2. The lowest BCUT2D eigenvalue weighted by Crippen LogP contribution is -2.58. The minimum atomic E-state index is -1.17. The summed E-state index contributed by atoms with van der Waals surface area (Å²) in [5.41, 5.74) is 2.62. The Kier molecular flexibility index (Phi) is 5.91. The Morgan fingerprint density at radius 1 is 1.03 bits per heavy atom. The SMILES string of the molecule is CN1C(=O)C2(SCC(C(=O)NCc3ccccc3)N2C(=O)C2CCCCC2)c2ccccc21. The van der Waals surface area contributed by atoms with E-state index in [1.807, 2.05) is 54.6 Å². The number of carbonyl (C=O) groups excluding carboxylic acids is 3. The molecule has 33 heavy (non-hydrogen) atoms. The van der Waals surface area contributed by atoms with Gasteiger partial charge in [-0.1, -0.05) is 67.8 Å². The highest BCUT2D eigenvalue weighted by Crippen LogP contribution is 2.56. The fraction of sp³-hybridized carbons (Fsp3) is 0.423. The lowest BCUT2D eigenvalue weighted by molar-refractivity contribution is -0.150. The van der Waals surface area contributed by atoms with Crippen LogP contribution in [0.2, 0.25) is 0 Å². The molecule has 3 amide bonds. The van der Waals surface area contributed by atoms with Gasteiger partial charge in [-0.2, -0.15) is 0 Å². The van der Waals surface area contributed by atoms with Crippen LogP contribution in [0.25, 0.3) is 0 Å². The zero-order chi connectivity index (χ0) is 23.0. The standard InChI is InChI=1S/C26H29N3O3S/c1-28-21-15-9-8-14-20(21)26(25(28)32)29(24(31)19-12-6-3-7-13-19)22(17-33-26)23(30)27-16-18-10-4-2-5-11-18/h2,4-5,8-11,14-15,19,22H,3,6-7,12-13,16-17H2,1H3,(H,27,30). The van der Waals surface area contributed by atoms with E-state index < -0.39 is 10.9 Å². The van der Waals surface area contributed by atoms with Crippen molar-refractivity contribution in [3.05, 3.63) is 65.7 Å². The third kappa shape index (κ3) is 3.62. The molecule has 2 fully saturated rings. The summed E-state index contributed by atoms with van der Waals surface area (Å²) in [6.07, 6.45) is 4.80. The highest BCUT2D eigenvalue weighted by atomic mass is 32.2. The van der Waals surface area contributed by atoms with E-state index in [2.05, 4.69) is 5.32 Å². The maximum Gasteiger partial charge on any atom is 0.268 e. The summed E-state index contributed by atoms with van der Waals surface area (Å²) >= 11 is 1.42. The Morgan fingerprint density at radius 2 is 1.73 bits per heavy atom. The molecule has 2 atom stereocenters. The van der Waals surface area contributed by atoms with E-state index in [9.17, 15) is 14.4 Å². The van der Waals surface area contributed by atoms with Gasteiger partial charge in [0, 0.05) is 30.8 Å². The average Bonchev–Trinajstić information content (AvgIpc) is 3.37. The van der Waals surface area contributed by atoms with Crippen molar-refractivity contribution in [2.24, 2.45) is 5.92 Å².